The van der Waals surface area contributed by atoms with Crippen molar-refractivity contribution in [1.29, 1.82) is 0 Å². The fraction of sp³-hybridized carbons (Fsp3) is 0.417. The third-order valence-corrected chi connectivity index (χ3v) is 4.43. The smallest absolute Gasteiger partial charge is 0.243 e. The number of ether oxygens (including phenoxy) is 2. The van der Waals surface area contributed by atoms with E-state index < -0.39 is 0 Å². The number of amides is 2. The quantitative estimate of drug-likeness (QED) is 0.381. The first-order valence-electron chi connectivity index (χ1n) is 10.8. The molecule has 0 saturated carbocycles. The van der Waals surface area contributed by atoms with Gasteiger partial charge in [0.1, 0.15) is 12.4 Å². The Hall–Kier alpha value is -3.06. The lowest BCUT2D eigenvalue weighted by atomic mass is 10.2. The Labute approximate surface area is 184 Å². The number of benzene rings is 2. The van der Waals surface area contributed by atoms with Crippen molar-refractivity contribution in [3.8, 4) is 5.75 Å². The van der Waals surface area contributed by atoms with E-state index in [1.165, 1.54) is 0 Å². The molecule has 0 spiro atoms. The Bertz CT molecular complexity index is 826. The molecule has 2 rings (SSSR count). The number of rotatable bonds is 14. The van der Waals surface area contributed by atoms with Gasteiger partial charge in [0.25, 0.3) is 0 Å². The van der Waals surface area contributed by atoms with E-state index in [0.29, 0.717) is 43.4 Å². The molecule has 7 heteroatoms. The van der Waals surface area contributed by atoms with Crippen molar-refractivity contribution in [2.45, 2.75) is 39.5 Å². The number of unbranched alkanes of at least 4 members (excludes halogenated alkanes) is 2. The summed E-state index contributed by atoms with van der Waals surface area (Å²) in [6, 6.07) is 14.6. The SMILES string of the molecule is CCCCCC(=O)Nc1cccc(NCC(=O)Nc2cccc(OCCOCC)c2)c1. The van der Waals surface area contributed by atoms with Crippen molar-refractivity contribution >= 4 is 28.9 Å². The van der Waals surface area contributed by atoms with Crippen LogP contribution in [0.25, 0.3) is 0 Å². The van der Waals surface area contributed by atoms with E-state index in [2.05, 4.69) is 22.9 Å². The summed E-state index contributed by atoms with van der Waals surface area (Å²) in [5.41, 5.74) is 2.13. The molecule has 0 radical (unpaired) electrons. The van der Waals surface area contributed by atoms with Gasteiger partial charge in [-0.15, -0.1) is 0 Å². The fourth-order valence-corrected chi connectivity index (χ4v) is 2.88. The number of anilines is 3. The molecule has 0 aliphatic carbocycles. The summed E-state index contributed by atoms with van der Waals surface area (Å²) < 4.78 is 10.9. The first-order valence-corrected chi connectivity index (χ1v) is 10.8. The maximum absolute atomic E-state index is 12.3. The number of hydrogen-bond acceptors (Lipinski definition) is 5. The highest BCUT2D eigenvalue weighted by molar-refractivity contribution is 5.94. The van der Waals surface area contributed by atoms with E-state index in [1.807, 2.05) is 49.4 Å². The second-order valence-electron chi connectivity index (χ2n) is 7.06. The van der Waals surface area contributed by atoms with Gasteiger partial charge in [-0.25, -0.2) is 0 Å². The van der Waals surface area contributed by atoms with E-state index in [1.54, 1.807) is 6.07 Å². The van der Waals surface area contributed by atoms with Gasteiger partial charge in [0.05, 0.1) is 13.2 Å². The normalized spacial score (nSPS) is 10.4. The third kappa shape index (κ3) is 10.00. The predicted molar refractivity (Wildman–Crippen MR) is 125 cm³/mol. The van der Waals surface area contributed by atoms with Crippen molar-refractivity contribution in [1.82, 2.24) is 0 Å². The van der Waals surface area contributed by atoms with Gasteiger partial charge in [0.15, 0.2) is 0 Å². The molecule has 0 atom stereocenters. The standard InChI is InChI=1S/C24H33N3O4/c1-3-5-6-13-23(28)26-20-10-7-9-19(16-20)25-18-24(29)27-21-11-8-12-22(17-21)31-15-14-30-4-2/h7-12,16-17,25H,3-6,13-15,18H2,1-2H3,(H,26,28)(H,27,29). The van der Waals surface area contributed by atoms with E-state index >= 15 is 0 Å². The van der Waals surface area contributed by atoms with Crippen LogP contribution in [-0.4, -0.2) is 38.2 Å². The van der Waals surface area contributed by atoms with Gasteiger partial charge in [0, 0.05) is 36.2 Å². The van der Waals surface area contributed by atoms with E-state index in [9.17, 15) is 9.59 Å². The summed E-state index contributed by atoms with van der Waals surface area (Å²) >= 11 is 0. The van der Waals surface area contributed by atoms with Gasteiger partial charge >= 0.3 is 0 Å². The molecule has 2 amide bonds. The lowest BCUT2D eigenvalue weighted by molar-refractivity contribution is -0.116. The van der Waals surface area contributed by atoms with Gasteiger partial charge < -0.3 is 25.4 Å². The summed E-state index contributed by atoms with van der Waals surface area (Å²) in [7, 11) is 0. The third-order valence-electron chi connectivity index (χ3n) is 4.43. The average molecular weight is 428 g/mol. The second kappa shape index (κ2) is 14.0. The van der Waals surface area contributed by atoms with Crippen LogP contribution in [-0.2, 0) is 14.3 Å². The molecule has 0 saturated heterocycles. The number of hydrogen-bond donors (Lipinski definition) is 3. The zero-order valence-electron chi connectivity index (χ0n) is 18.4. The number of carbonyl (C=O) groups excluding carboxylic acids is 2. The molecule has 2 aromatic carbocycles. The van der Waals surface area contributed by atoms with Gasteiger partial charge in [-0.05, 0) is 43.7 Å². The molecule has 3 N–H and O–H groups in total. The molecular weight excluding hydrogens is 394 g/mol. The average Bonchev–Trinajstić information content (AvgIpc) is 2.76. The highest BCUT2D eigenvalue weighted by Crippen LogP contribution is 2.18. The zero-order valence-corrected chi connectivity index (χ0v) is 18.4. The Morgan fingerprint density at radius 3 is 2.32 bits per heavy atom. The lowest BCUT2D eigenvalue weighted by Crippen LogP contribution is -2.21. The predicted octanol–water partition coefficient (Wildman–Crippen LogP) is 4.67. The number of nitrogens with one attached hydrogen (secondary N) is 3. The molecule has 0 heterocycles. The maximum Gasteiger partial charge on any atom is 0.243 e. The topological polar surface area (TPSA) is 88.7 Å². The molecular formula is C24H33N3O4. The van der Waals surface area contributed by atoms with Crippen LogP contribution in [0, 0.1) is 0 Å². The van der Waals surface area contributed by atoms with E-state index in [4.69, 9.17) is 9.47 Å². The lowest BCUT2D eigenvalue weighted by Gasteiger charge is -2.11. The minimum Gasteiger partial charge on any atom is -0.491 e. The molecule has 168 valence electrons. The van der Waals surface area contributed by atoms with E-state index in [-0.39, 0.29) is 18.4 Å². The Kier molecular flexibility index (Phi) is 11.0. The van der Waals surface area contributed by atoms with Crippen molar-refractivity contribution in [3.63, 3.8) is 0 Å². The van der Waals surface area contributed by atoms with Crippen LogP contribution in [0.15, 0.2) is 48.5 Å². The summed E-state index contributed by atoms with van der Waals surface area (Å²) in [4.78, 5) is 24.3. The van der Waals surface area contributed by atoms with Crippen LogP contribution in [0.2, 0.25) is 0 Å². The van der Waals surface area contributed by atoms with Gasteiger partial charge in [-0.3, -0.25) is 9.59 Å². The van der Waals surface area contributed by atoms with Crippen molar-refractivity contribution in [3.05, 3.63) is 48.5 Å². The molecule has 7 nitrogen and oxygen atoms in total. The largest absolute Gasteiger partial charge is 0.491 e. The van der Waals surface area contributed by atoms with Crippen LogP contribution in [0.3, 0.4) is 0 Å². The van der Waals surface area contributed by atoms with Crippen LogP contribution < -0.4 is 20.7 Å². The van der Waals surface area contributed by atoms with Crippen molar-refractivity contribution in [2.24, 2.45) is 0 Å². The molecule has 0 unspecified atom stereocenters. The molecule has 31 heavy (non-hydrogen) atoms. The maximum atomic E-state index is 12.3. The Morgan fingerprint density at radius 1 is 0.839 bits per heavy atom. The first-order chi connectivity index (χ1) is 15.1. The molecule has 0 aliphatic rings. The van der Waals surface area contributed by atoms with Crippen molar-refractivity contribution < 1.29 is 19.1 Å². The highest BCUT2D eigenvalue weighted by atomic mass is 16.5. The second-order valence-corrected chi connectivity index (χ2v) is 7.06. The molecule has 0 fully saturated rings. The molecule has 0 aromatic heterocycles. The minimum absolute atomic E-state index is 0.00620. The molecule has 0 bridgehead atoms. The fourth-order valence-electron chi connectivity index (χ4n) is 2.88. The Balaban J connectivity index is 1.79. The van der Waals surface area contributed by atoms with Crippen LogP contribution in [0.4, 0.5) is 17.1 Å². The van der Waals surface area contributed by atoms with Gasteiger partial charge in [0.2, 0.25) is 11.8 Å². The minimum atomic E-state index is -0.180. The van der Waals surface area contributed by atoms with Crippen LogP contribution in [0.1, 0.15) is 39.5 Å². The molecule has 2 aromatic rings. The summed E-state index contributed by atoms with van der Waals surface area (Å²) in [5, 5.41) is 8.83. The van der Waals surface area contributed by atoms with Crippen molar-refractivity contribution in [2.75, 3.05) is 42.3 Å². The first kappa shape index (κ1) is 24.2. The number of carbonyl (C=O) groups is 2. The van der Waals surface area contributed by atoms with Crippen LogP contribution >= 0.6 is 0 Å². The summed E-state index contributed by atoms with van der Waals surface area (Å²) in [6.45, 7) is 5.78. The van der Waals surface area contributed by atoms with Crippen LogP contribution in [0.5, 0.6) is 5.75 Å². The summed E-state index contributed by atoms with van der Waals surface area (Å²) in [5.74, 6) is 0.500. The summed E-state index contributed by atoms with van der Waals surface area (Å²) in [6.07, 6.45) is 3.54. The Morgan fingerprint density at radius 2 is 1.55 bits per heavy atom. The molecule has 0 aliphatic heterocycles. The van der Waals surface area contributed by atoms with Gasteiger partial charge in [-0.2, -0.15) is 0 Å². The zero-order chi connectivity index (χ0) is 22.3. The van der Waals surface area contributed by atoms with Gasteiger partial charge in [-0.1, -0.05) is 31.9 Å². The van der Waals surface area contributed by atoms with E-state index in [0.717, 1.165) is 24.9 Å². The highest BCUT2D eigenvalue weighted by Gasteiger charge is 2.06. The monoisotopic (exact) mass is 427 g/mol.